The summed E-state index contributed by atoms with van der Waals surface area (Å²) >= 11 is 0. The molecule has 0 fully saturated rings. The molecule has 26 heavy (non-hydrogen) atoms. The maximum absolute atomic E-state index is 12.1. The molecule has 1 aromatic carbocycles. The summed E-state index contributed by atoms with van der Waals surface area (Å²) in [6.07, 6.45) is 3.04. The van der Waals surface area contributed by atoms with E-state index in [4.69, 9.17) is 9.47 Å². The molecule has 1 amide bonds. The molecular weight excluding hydrogens is 330 g/mol. The largest absolute Gasteiger partial charge is 0.497 e. The van der Waals surface area contributed by atoms with Crippen molar-refractivity contribution < 1.29 is 14.3 Å². The maximum atomic E-state index is 12.1. The van der Waals surface area contributed by atoms with Crippen LogP contribution in [0.1, 0.15) is 24.2 Å². The Balaban J connectivity index is 1.42. The van der Waals surface area contributed by atoms with Crippen LogP contribution in [-0.2, 0) is 11.3 Å². The number of ether oxygens (including phenoxy) is 2. The van der Waals surface area contributed by atoms with Gasteiger partial charge in [-0.25, -0.2) is 4.98 Å². The molecule has 0 aliphatic carbocycles. The van der Waals surface area contributed by atoms with Gasteiger partial charge in [-0.2, -0.15) is 0 Å². The van der Waals surface area contributed by atoms with E-state index < -0.39 is 0 Å². The van der Waals surface area contributed by atoms with Crippen molar-refractivity contribution in [2.24, 2.45) is 0 Å². The standard InChI is InChI=1S/C20H23N3O3/c1-15-18(23-12-4-3-6-19(23)22-15)14-21-20(24)7-5-13-26-17-10-8-16(25-2)9-11-17/h3-4,6,8-12H,5,7,13-14H2,1-2H3,(H,21,24). The lowest BCUT2D eigenvalue weighted by Gasteiger charge is -2.08. The average Bonchev–Trinajstić information content (AvgIpc) is 2.99. The molecule has 0 saturated heterocycles. The summed E-state index contributed by atoms with van der Waals surface area (Å²) in [5.41, 5.74) is 2.82. The number of imidazole rings is 1. The summed E-state index contributed by atoms with van der Waals surface area (Å²) in [6, 6.07) is 13.3. The second-order valence-electron chi connectivity index (χ2n) is 5.98. The second kappa shape index (κ2) is 8.38. The Morgan fingerprint density at radius 2 is 1.92 bits per heavy atom. The second-order valence-corrected chi connectivity index (χ2v) is 5.98. The molecule has 0 unspecified atom stereocenters. The molecule has 0 aliphatic rings. The van der Waals surface area contributed by atoms with Crippen LogP contribution in [-0.4, -0.2) is 29.0 Å². The molecule has 0 saturated carbocycles. The average molecular weight is 353 g/mol. The number of aryl methyl sites for hydroxylation is 1. The van der Waals surface area contributed by atoms with Gasteiger partial charge in [-0.3, -0.25) is 4.79 Å². The highest BCUT2D eigenvalue weighted by molar-refractivity contribution is 5.75. The number of amides is 1. The van der Waals surface area contributed by atoms with E-state index in [0.29, 0.717) is 26.0 Å². The van der Waals surface area contributed by atoms with Gasteiger partial charge < -0.3 is 19.2 Å². The van der Waals surface area contributed by atoms with E-state index in [9.17, 15) is 4.79 Å². The van der Waals surface area contributed by atoms with Crippen molar-refractivity contribution in [3.63, 3.8) is 0 Å². The molecule has 2 heterocycles. The summed E-state index contributed by atoms with van der Waals surface area (Å²) in [4.78, 5) is 16.6. The SMILES string of the molecule is COc1ccc(OCCCC(=O)NCc2c(C)nc3ccccn23)cc1. The van der Waals surface area contributed by atoms with E-state index in [-0.39, 0.29) is 5.91 Å². The van der Waals surface area contributed by atoms with Crippen molar-refractivity contribution in [2.45, 2.75) is 26.3 Å². The zero-order valence-electron chi connectivity index (χ0n) is 15.1. The smallest absolute Gasteiger partial charge is 0.220 e. The van der Waals surface area contributed by atoms with Crippen LogP contribution in [0.25, 0.3) is 5.65 Å². The van der Waals surface area contributed by atoms with Gasteiger partial charge in [0.2, 0.25) is 5.91 Å². The van der Waals surface area contributed by atoms with Crippen molar-refractivity contribution in [1.29, 1.82) is 0 Å². The van der Waals surface area contributed by atoms with Crippen LogP contribution in [0.2, 0.25) is 0 Å². The van der Waals surface area contributed by atoms with E-state index >= 15 is 0 Å². The monoisotopic (exact) mass is 353 g/mol. The van der Waals surface area contributed by atoms with Gasteiger partial charge in [-0.15, -0.1) is 0 Å². The number of nitrogens with one attached hydrogen (secondary N) is 1. The Morgan fingerprint density at radius 3 is 2.69 bits per heavy atom. The number of hydrogen-bond acceptors (Lipinski definition) is 4. The van der Waals surface area contributed by atoms with Gasteiger partial charge in [-0.05, 0) is 49.7 Å². The predicted molar refractivity (Wildman–Crippen MR) is 99.5 cm³/mol. The molecule has 3 aromatic rings. The fraction of sp³-hybridized carbons (Fsp3) is 0.300. The minimum atomic E-state index is 0.00797. The third-order valence-electron chi connectivity index (χ3n) is 4.16. The summed E-state index contributed by atoms with van der Waals surface area (Å²) in [5, 5.41) is 2.96. The molecule has 0 aliphatic heterocycles. The van der Waals surface area contributed by atoms with Gasteiger partial charge in [-0.1, -0.05) is 6.07 Å². The number of carbonyl (C=O) groups excluding carboxylic acids is 1. The van der Waals surface area contributed by atoms with Crippen molar-refractivity contribution in [3.05, 3.63) is 60.0 Å². The maximum Gasteiger partial charge on any atom is 0.220 e. The number of methoxy groups -OCH3 is 1. The fourth-order valence-corrected chi connectivity index (χ4v) is 2.74. The summed E-state index contributed by atoms with van der Waals surface area (Å²) in [6.45, 7) is 2.92. The number of fused-ring (bicyclic) bond motifs is 1. The van der Waals surface area contributed by atoms with Crippen LogP contribution in [0.3, 0.4) is 0 Å². The lowest BCUT2D eigenvalue weighted by Crippen LogP contribution is -2.24. The molecule has 6 nitrogen and oxygen atoms in total. The Labute approximate surface area is 152 Å². The first-order valence-corrected chi connectivity index (χ1v) is 8.63. The number of carbonyl (C=O) groups is 1. The van der Waals surface area contributed by atoms with E-state index in [1.165, 1.54) is 0 Å². The number of pyridine rings is 1. The van der Waals surface area contributed by atoms with E-state index in [1.54, 1.807) is 7.11 Å². The van der Waals surface area contributed by atoms with Gasteiger partial charge in [0.15, 0.2) is 0 Å². The number of hydrogen-bond donors (Lipinski definition) is 1. The Bertz CT molecular complexity index is 872. The highest BCUT2D eigenvalue weighted by Crippen LogP contribution is 2.17. The van der Waals surface area contributed by atoms with Crippen LogP contribution in [0, 0.1) is 6.92 Å². The summed E-state index contributed by atoms with van der Waals surface area (Å²) < 4.78 is 12.7. The zero-order valence-corrected chi connectivity index (χ0v) is 15.1. The van der Waals surface area contributed by atoms with E-state index in [1.807, 2.05) is 60.0 Å². The quantitative estimate of drug-likeness (QED) is 0.632. The van der Waals surface area contributed by atoms with Crippen LogP contribution in [0.5, 0.6) is 11.5 Å². The van der Waals surface area contributed by atoms with Crippen LogP contribution in [0.4, 0.5) is 0 Å². The Hall–Kier alpha value is -3.02. The molecule has 2 aromatic heterocycles. The first-order chi connectivity index (χ1) is 12.7. The molecule has 0 atom stereocenters. The van der Waals surface area contributed by atoms with Crippen molar-refractivity contribution in [2.75, 3.05) is 13.7 Å². The van der Waals surface area contributed by atoms with Gasteiger partial charge in [0.25, 0.3) is 0 Å². The number of rotatable bonds is 8. The normalized spacial score (nSPS) is 10.7. The van der Waals surface area contributed by atoms with Gasteiger partial charge in [0.05, 0.1) is 31.6 Å². The number of aromatic nitrogens is 2. The molecule has 0 spiro atoms. The highest BCUT2D eigenvalue weighted by Gasteiger charge is 2.09. The first-order valence-electron chi connectivity index (χ1n) is 8.63. The van der Waals surface area contributed by atoms with Crippen LogP contribution < -0.4 is 14.8 Å². The Kier molecular flexibility index (Phi) is 5.73. The molecule has 0 radical (unpaired) electrons. The van der Waals surface area contributed by atoms with Crippen LogP contribution >= 0.6 is 0 Å². The zero-order chi connectivity index (χ0) is 18.4. The van der Waals surface area contributed by atoms with Crippen molar-refractivity contribution in [3.8, 4) is 11.5 Å². The predicted octanol–water partition coefficient (Wildman–Crippen LogP) is 3.13. The number of benzene rings is 1. The molecular formula is C20H23N3O3. The van der Waals surface area contributed by atoms with Gasteiger partial charge in [0.1, 0.15) is 17.1 Å². The third kappa shape index (κ3) is 4.33. The third-order valence-corrected chi connectivity index (χ3v) is 4.16. The fourth-order valence-electron chi connectivity index (χ4n) is 2.74. The number of nitrogens with zero attached hydrogens (tertiary/aromatic N) is 2. The van der Waals surface area contributed by atoms with Crippen LogP contribution in [0.15, 0.2) is 48.7 Å². The molecule has 0 bridgehead atoms. The summed E-state index contributed by atoms with van der Waals surface area (Å²) in [7, 11) is 1.63. The molecule has 1 N–H and O–H groups in total. The van der Waals surface area contributed by atoms with Gasteiger partial charge >= 0.3 is 0 Å². The minimum Gasteiger partial charge on any atom is -0.497 e. The molecule has 136 valence electrons. The topological polar surface area (TPSA) is 64.9 Å². The Morgan fingerprint density at radius 1 is 1.15 bits per heavy atom. The van der Waals surface area contributed by atoms with E-state index in [0.717, 1.165) is 28.5 Å². The minimum absolute atomic E-state index is 0.00797. The lowest BCUT2D eigenvalue weighted by molar-refractivity contribution is -0.121. The van der Waals surface area contributed by atoms with Crippen molar-refractivity contribution in [1.82, 2.24) is 14.7 Å². The van der Waals surface area contributed by atoms with Crippen molar-refractivity contribution >= 4 is 11.6 Å². The highest BCUT2D eigenvalue weighted by atomic mass is 16.5. The first kappa shape index (κ1) is 17.8. The van der Waals surface area contributed by atoms with E-state index in [2.05, 4.69) is 10.3 Å². The summed E-state index contributed by atoms with van der Waals surface area (Å²) in [5.74, 6) is 1.57. The molecule has 6 heteroatoms. The molecule has 3 rings (SSSR count). The lowest BCUT2D eigenvalue weighted by atomic mass is 10.3. The van der Waals surface area contributed by atoms with Gasteiger partial charge in [0, 0.05) is 12.6 Å².